The predicted molar refractivity (Wildman–Crippen MR) is 75.1 cm³/mol. The molecule has 1 fully saturated rings. The van der Waals surface area contributed by atoms with E-state index in [1.807, 2.05) is 0 Å². The number of hydrogen-bond acceptors (Lipinski definition) is 2. The molecule has 0 saturated carbocycles. The number of aliphatic hydroxyl groups excluding tert-OH is 1. The van der Waals surface area contributed by atoms with Crippen LogP contribution >= 0.6 is 0 Å². The van der Waals surface area contributed by atoms with Crippen molar-refractivity contribution in [1.29, 1.82) is 0 Å². The summed E-state index contributed by atoms with van der Waals surface area (Å²) in [5.41, 5.74) is -0.0959. The molecule has 1 heterocycles. The summed E-state index contributed by atoms with van der Waals surface area (Å²) in [4.78, 5) is 13.6. The number of alkyl halides is 3. The summed E-state index contributed by atoms with van der Waals surface area (Å²) in [6, 6.07) is 4.47. The number of benzene rings is 1. The van der Waals surface area contributed by atoms with E-state index in [4.69, 9.17) is 5.11 Å². The first-order valence-electron chi connectivity index (χ1n) is 7.20. The van der Waals surface area contributed by atoms with E-state index in [0.29, 0.717) is 18.7 Å². The third kappa shape index (κ3) is 4.37. The van der Waals surface area contributed by atoms with E-state index in [1.165, 1.54) is 12.1 Å². The number of aliphatic hydroxyl groups is 1. The molecule has 2 N–H and O–H groups in total. The normalized spacial score (nSPS) is 19.1. The van der Waals surface area contributed by atoms with Crippen LogP contribution in [0.25, 0.3) is 0 Å². The van der Waals surface area contributed by atoms with Crippen molar-refractivity contribution >= 4 is 6.03 Å². The summed E-state index contributed by atoms with van der Waals surface area (Å²) >= 11 is 0. The highest BCUT2D eigenvalue weighted by Crippen LogP contribution is 2.29. The molecule has 0 aromatic heterocycles. The van der Waals surface area contributed by atoms with Crippen LogP contribution < -0.4 is 5.32 Å². The molecule has 2 rings (SSSR count). The number of piperidine rings is 1. The third-order valence-corrected chi connectivity index (χ3v) is 3.79. The summed E-state index contributed by atoms with van der Waals surface area (Å²) in [6.07, 6.45) is -2.60. The van der Waals surface area contributed by atoms with Crippen LogP contribution in [0.15, 0.2) is 24.3 Å². The van der Waals surface area contributed by atoms with Gasteiger partial charge in [-0.2, -0.15) is 13.2 Å². The zero-order valence-corrected chi connectivity index (χ0v) is 12.1. The van der Waals surface area contributed by atoms with Crippen molar-refractivity contribution in [3.8, 4) is 0 Å². The molecule has 1 aliphatic heterocycles. The number of rotatable bonds is 3. The Balaban J connectivity index is 1.86. The third-order valence-electron chi connectivity index (χ3n) is 3.79. The van der Waals surface area contributed by atoms with Crippen molar-refractivity contribution in [3.05, 3.63) is 35.4 Å². The fourth-order valence-corrected chi connectivity index (χ4v) is 2.50. The number of carbonyl (C=O) groups is 1. The number of nitrogens with one attached hydrogen (secondary N) is 1. The molecule has 1 atom stereocenters. The molecule has 2 amide bonds. The molecule has 1 aromatic rings. The summed E-state index contributed by atoms with van der Waals surface area (Å²) < 4.78 is 37.3. The molecule has 1 aliphatic rings. The molecule has 1 saturated heterocycles. The number of amides is 2. The highest BCUT2D eigenvalue weighted by atomic mass is 19.4. The Morgan fingerprint density at radius 2 is 2.00 bits per heavy atom. The van der Waals surface area contributed by atoms with Gasteiger partial charge in [-0.3, -0.25) is 0 Å². The summed E-state index contributed by atoms with van der Waals surface area (Å²) in [6.45, 7) is 1.38. The van der Waals surface area contributed by atoms with Gasteiger partial charge in [0.25, 0.3) is 0 Å². The molecule has 0 radical (unpaired) electrons. The van der Waals surface area contributed by atoms with Gasteiger partial charge in [-0.05, 0) is 36.5 Å². The first-order chi connectivity index (χ1) is 10.4. The lowest BCUT2D eigenvalue weighted by Gasteiger charge is -2.31. The second kappa shape index (κ2) is 7.00. The van der Waals surface area contributed by atoms with Crippen molar-refractivity contribution in [2.24, 2.45) is 5.92 Å². The van der Waals surface area contributed by atoms with E-state index >= 15 is 0 Å². The van der Waals surface area contributed by atoms with Crippen LogP contribution in [0.4, 0.5) is 18.0 Å². The monoisotopic (exact) mass is 316 g/mol. The van der Waals surface area contributed by atoms with E-state index in [9.17, 15) is 18.0 Å². The Bertz CT molecular complexity index is 503. The Hall–Kier alpha value is -1.76. The first-order valence-corrected chi connectivity index (χ1v) is 7.20. The number of hydrogen-bond donors (Lipinski definition) is 2. The molecule has 7 heteroatoms. The Morgan fingerprint density at radius 1 is 1.32 bits per heavy atom. The van der Waals surface area contributed by atoms with Gasteiger partial charge < -0.3 is 15.3 Å². The quantitative estimate of drug-likeness (QED) is 0.901. The largest absolute Gasteiger partial charge is 0.416 e. The topological polar surface area (TPSA) is 52.6 Å². The zero-order valence-electron chi connectivity index (χ0n) is 12.1. The van der Waals surface area contributed by atoms with Crippen molar-refractivity contribution < 1.29 is 23.1 Å². The maximum absolute atomic E-state index is 12.4. The van der Waals surface area contributed by atoms with Gasteiger partial charge in [-0.25, -0.2) is 4.79 Å². The second-order valence-corrected chi connectivity index (χ2v) is 5.49. The molecule has 0 spiro atoms. The van der Waals surface area contributed by atoms with Gasteiger partial charge in [-0.1, -0.05) is 12.1 Å². The first kappa shape index (κ1) is 16.6. The van der Waals surface area contributed by atoms with Gasteiger partial charge >= 0.3 is 12.2 Å². The highest BCUT2D eigenvalue weighted by Gasteiger charge is 2.30. The van der Waals surface area contributed by atoms with Crippen LogP contribution in [0.3, 0.4) is 0 Å². The molecule has 0 bridgehead atoms. The van der Waals surface area contributed by atoms with Crippen molar-refractivity contribution in [1.82, 2.24) is 10.2 Å². The van der Waals surface area contributed by atoms with Crippen LogP contribution in [0.1, 0.15) is 24.0 Å². The van der Waals surface area contributed by atoms with E-state index in [0.717, 1.165) is 25.0 Å². The molecular formula is C15H19F3N2O2. The number of likely N-dealkylation sites (tertiary alicyclic amines) is 1. The van der Waals surface area contributed by atoms with Crippen LogP contribution in [0, 0.1) is 5.92 Å². The smallest absolute Gasteiger partial charge is 0.396 e. The number of carbonyl (C=O) groups excluding carboxylic acids is 1. The van der Waals surface area contributed by atoms with E-state index in [1.54, 1.807) is 4.90 Å². The predicted octanol–water partition coefficient (Wildman–Crippen LogP) is 2.62. The molecular weight excluding hydrogens is 297 g/mol. The van der Waals surface area contributed by atoms with E-state index in [2.05, 4.69) is 5.32 Å². The average molecular weight is 316 g/mol. The fraction of sp³-hybridized carbons (Fsp3) is 0.533. The number of urea groups is 1. The lowest BCUT2D eigenvalue weighted by atomic mass is 9.99. The maximum Gasteiger partial charge on any atom is 0.416 e. The number of nitrogens with zero attached hydrogens (tertiary/aromatic N) is 1. The van der Waals surface area contributed by atoms with Crippen molar-refractivity contribution in [2.75, 3.05) is 19.7 Å². The van der Waals surface area contributed by atoms with Gasteiger partial charge in [0, 0.05) is 26.2 Å². The zero-order chi connectivity index (χ0) is 16.2. The Labute approximate surface area is 126 Å². The SMILES string of the molecule is O=C(NCc1ccc(C(F)(F)F)cc1)N1CCCC(CO)C1. The second-order valence-electron chi connectivity index (χ2n) is 5.49. The lowest BCUT2D eigenvalue weighted by Crippen LogP contribution is -2.45. The maximum atomic E-state index is 12.4. The van der Waals surface area contributed by atoms with Gasteiger partial charge in [-0.15, -0.1) is 0 Å². The summed E-state index contributed by atoms with van der Waals surface area (Å²) in [5.74, 6) is 0.102. The minimum absolute atomic E-state index is 0.0582. The van der Waals surface area contributed by atoms with E-state index in [-0.39, 0.29) is 25.1 Å². The molecule has 4 nitrogen and oxygen atoms in total. The molecule has 22 heavy (non-hydrogen) atoms. The molecule has 0 aliphatic carbocycles. The Morgan fingerprint density at radius 3 is 2.59 bits per heavy atom. The molecule has 1 aromatic carbocycles. The van der Waals surface area contributed by atoms with Crippen LogP contribution in [0.5, 0.6) is 0 Å². The van der Waals surface area contributed by atoms with Crippen LogP contribution in [-0.4, -0.2) is 35.7 Å². The standard InChI is InChI=1S/C15H19F3N2O2/c16-15(17,18)13-5-3-11(4-6-13)8-19-14(22)20-7-1-2-12(9-20)10-21/h3-6,12,21H,1-2,7-10H2,(H,19,22). The van der Waals surface area contributed by atoms with Gasteiger partial charge in [0.2, 0.25) is 0 Å². The van der Waals surface area contributed by atoms with Gasteiger partial charge in [0.1, 0.15) is 0 Å². The van der Waals surface area contributed by atoms with E-state index < -0.39 is 11.7 Å². The van der Waals surface area contributed by atoms with Crippen LogP contribution in [-0.2, 0) is 12.7 Å². The van der Waals surface area contributed by atoms with Crippen molar-refractivity contribution in [3.63, 3.8) is 0 Å². The average Bonchev–Trinajstić information content (AvgIpc) is 2.52. The lowest BCUT2D eigenvalue weighted by molar-refractivity contribution is -0.137. The van der Waals surface area contributed by atoms with Crippen LogP contribution in [0.2, 0.25) is 0 Å². The minimum Gasteiger partial charge on any atom is -0.396 e. The minimum atomic E-state index is -4.35. The molecule has 122 valence electrons. The summed E-state index contributed by atoms with van der Waals surface area (Å²) in [5, 5.41) is 11.8. The van der Waals surface area contributed by atoms with Crippen molar-refractivity contribution in [2.45, 2.75) is 25.6 Å². The van der Waals surface area contributed by atoms with Gasteiger partial charge in [0.05, 0.1) is 5.56 Å². The summed E-state index contributed by atoms with van der Waals surface area (Å²) in [7, 11) is 0. The van der Waals surface area contributed by atoms with Gasteiger partial charge in [0.15, 0.2) is 0 Å². The highest BCUT2D eigenvalue weighted by molar-refractivity contribution is 5.74. The fourth-order valence-electron chi connectivity index (χ4n) is 2.50. The Kier molecular flexibility index (Phi) is 5.28. The number of halogens is 3. The molecule has 1 unspecified atom stereocenters.